The van der Waals surface area contributed by atoms with Crippen molar-refractivity contribution in [3.8, 4) is 0 Å². The van der Waals surface area contributed by atoms with Gasteiger partial charge in [-0.2, -0.15) is 13.2 Å². The molecular weight excluding hydrogens is 379 g/mol. The molecule has 27 heavy (non-hydrogen) atoms. The highest BCUT2D eigenvalue weighted by atomic mass is 32.2. The van der Waals surface area contributed by atoms with Crippen LogP contribution in [0.4, 0.5) is 18.9 Å². The highest BCUT2D eigenvalue weighted by molar-refractivity contribution is 8.00. The van der Waals surface area contributed by atoms with Crippen LogP contribution in [0.5, 0.6) is 0 Å². The van der Waals surface area contributed by atoms with Gasteiger partial charge in [-0.1, -0.05) is 6.07 Å². The van der Waals surface area contributed by atoms with E-state index < -0.39 is 17.7 Å². The average Bonchev–Trinajstić information content (AvgIpc) is 2.59. The molecule has 144 valence electrons. The van der Waals surface area contributed by atoms with E-state index in [0.717, 1.165) is 23.9 Å². The molecule has 0 aliphatic rings. The first kappa shape index (κ1) is 20.8. The van der Waals surface area contributed by atoms with E-state index in [1.165, 1.54) is 24.3 Å². The number of rotatable bonds is 6. The van der Waals surface area contributed by atoms with Gasteiger partial charge in [-0.3, -0.25) is 4.79 Å². The van der Waals surface area contributed by atoms with Crippen LogP contribution >= 0.6 is 11.8 Å². The van der Waals surface area contributed by atoms with Crippen LogP contribution in [-0.4, -0.2) is 23.7 Å². The van der Waals surface area contributed by atoms with E-state index in [1.54, 1.807) is 26.0 Å². The van der Waals surface area contributed by atoms with Gasteiger partial charge < -0.3 is 10.1 Å². The summed E-state index contributed by atoms with van der Waals surface area (Å²) in [5, 5.41) is 2.63. The van der Waals surface area contributed by atoms with Gasteiger partial charge in [0.15, 0.2) is 0 Å². The molecule has 0 bridgehead atoms. The first-order valence-corrected chi connectivity index (χ1v) is 9.04. The standard InChI is InChI=1S/C19H18F3NO3S/c1-12(2)26-18(25)13-6-8-15(9-7-13)23-17(24)11-27-16-5-3-4-14(10-16)19(20,21)22/h3-10,12H,11H2,1-2H3,(H,23,24). The molecule has 2 rings (SSSR count). The minimum Gasteiger partial charge on any atom is -0.459 e. The number of anilines is 1. The fraction of sp³-hybridized carbons (Fsp3) is 0.263. The number of ether oxygens (including phenoxy) is 1. The molecule has 8 heteroatoms. The largest absolute Gasteiger partial charge is 0.459 e. The summed E-state index contributed by atoms with van der Waals surface area (Å²) in [4.78, 5) is 24.1. The van der Waals surface area contributed by atoms with Gasteiger partial charge in [-0.05, 0) is 56.3 Å². The Kier molecular flexibility index (Phi) is 6.90. The maximum atomic E-state index is 12.7. The first-order valence-electron chi connectivity index (χ1n) is 8.06. The van der Waals surface area contributed by atoms with Gasteiger partial charge in [0, 0.05) is 10.6 Å². The molecule has 1 N–H and O–H groups in total. The molecule has 0 atom stereocenters. The Morgan fingerprint density at radius 3 is 2.37 bits per heavy atom. The lowest BCUT2D eigenvalue weighted by Crippen LogP contribution is -2.15. The smallest absolute Gasteiger partial charge is 0.416 e. The van der Waals surface area contributed by atoms with E-state index in [2.05, 4.69) is 5.32 Å². The minimum atomic E-state index is -4.42. The molecule has 0 unspecified atom stereocenters. The van der Waals surface area contributed by atoms with Crippen LogP contribution in [-0.2, 0) is 15.7 Å². The Labute approximate surface area is 159 Å². The van der Waals surface area contributed by atoms with Crippen molar-refractivity contribution in [3.05, 3.63) is 59.7 Å². The number of hydrogen-bond donors (Lipinski definition) is 1. The third kappa shape index (κ3) is 6.63. The van der Waals surface area contributed by atoms with Crippen LogP contribution in [0.3, 0.4) is 0 Å². The Bertz CT molecular complexity index is 805. The molecule has 0 spiro atoms. The summed E-state index contributed by atoms with van der Waals surface area (Å²) in [5.74, 6) is -0.865. The van der Waals surface area contributed by atoms with Gasteiger partial charge in [-0.25, -0.2) is 4.79 Å². The zero-order chi connectivity index (χ0) is 20.0. The van der Waals surface area contributed by atoms with Gasteiger partial charge in [0.05, 0.1) is 23.0 Å². The van der Waals surface area contributed by atoms with Gasteiger partial charge >= 0.3 is 12.1 Å². The lowest BCUT2D eigenvalue weighted by molar-refractivity contribution is -0.137. The predicted octanol–water partition coefficient (Wildman–Crippen LogP) is 5.00. The summed E-state index contributed by atoms with van der Waals surface area (Å²) < 4.78 is 43.1. The monoisotopic (exact) mass is 397 g/mol. The second-order valence-corrected chi connectivity index (χ2v) is 6.94. The highest BCUT2D eigenvalue weighted by Gasteiger charge is 2.30. The number of thioether (sulfide) groups is 1. The summed E-state index contributed by atoms with van der Waals surface area (Å²) in [7, 11) is 0. The van der Waals surface area contributed by atoms with Gasteiger partial charge in [0.1, 0.15) is 0 Å². The molecule has 0 saturated heterocycles. The van der Waals surface area contributed by atoms with Gasteiger partial charge in [0.2, 0.25) is 5.91 Å². The minimum absolute atomic E-state index is 0.0432. The van der Waals surface area contributed by atoms with Crippen LogP contribution in [0.25, 0.3) is 0 Å². The molecule has 2 aromatic rings. The number of carbonyl (C=O) groups excluding carboxylic acids is 2. The molecule has 1 amide bonds. The Morgan fingerprint density at radius 1 is 1.11 bits per heavy atom. The van der Waals surface area contributed by atoms with Crippen molar-refractivity contribution in [3.63, 3.8) is 0 Å². The number of nitrogens with one attached hydrogen (secondary N) is 1. The topological polar surface area (TPSA) is 55.4 Å². The van der Waals surface area contributed by atoms with Gasteiger partial charge in [-0.15, -0.1) is 11.8 Å². The zero-order valence-electron chi connectivity index (χ0n) is 14.7. The molecule has 0 aliphatic heterocycles. The lowest BCUT2D eigenvalue weighted by atomic mass is 10.2. The Balaban J connectivity index is 1.90. The summed E-state index contributed by atoms with van der Waals surface area (Å²) in [5.41, 5.74) is 0.0857. The highest BCUT2D eigenvalue weighted by Crippen LogP contribution is 2.31. The molecule has 0 aromatic heterocycles. The number of amides is 1. The number of benzene rings is 2. The fourth-order valence-corrected chi connectivity index (χ4v) is 2.83. The molecule has 0 fully saturated rings. The maximum Gasteiger partial charge on any atom is 0.416 e. The molecule has 0 heterocycles. The first-order chi connectivity index (χ1) is 12.6. The maximum absolute atomic E-state index is 12.7. The van der Waals surface area contributed by atoms with E-state index >= 15 is 0 Å². The SMILES string of the molecule is CC(C)OC(=O)c1ccc(NC(=O)CSc2cccc(C(F)(F)F)c2)cc1. The third-order valence-corrected chi connectivity index (χ3v) is 4.27. The van der Waals surface area contributed by atoms with E-state index in [-0.39, 0.29) is 17.8 Å². The van der Waals surface area contributed by atoms with Crippen LogP contribution < -0.4 is 5.32 Å². The Morgan fingerprint density at radius 2 is 1.78 bits per heavy atom. The van der Waals surface area contributed by atoms with E-state index in [1.807, 2.05) is 0 Å². The van der Waals surface area contributed by atoms with Crippen LogP contribution in [0, 0.1) is 0 Å². The third-order valence-electron chi connectivity index (χ3n) is 3.28. The van der Waals surface area contributed by atoms with Gasteiger partial charge in [0.25, 0.3) is 0 Å². The summed E-state index contributed by atoms with van der Waals surface area (Å²) >= 11 is 1.01. The number of alkyl halides is 3. The number of esters is 1. The van der Waals surface area contributed by atoms with Crippen molar-refractivity contribution < 1.29 is 27.5 Å². The summed E-state index contributed by atoms with van der Waals surface area (Å²) in [6.45, 7) is 3.49. The molecular formula is C19H18F3NO3S. The number of halogens is 3. The zero-order valence-corrected chi connectivity index (χ0v) is 15.5. The van der Waals surface area contributed by atoms with Crippen molar-refractivity contribution in [2.24, 2.45) is 0 Å². The van der Waals surface area contributed by atoms with Crippen molar-refractivity contribution in [1.29, 1.82) is 0 Å². The lowest BCUT2D eigenvalue weighted by Gasteiger charge is -2.10. The predicted molar refractivity (Wildman–Crippen MR) is 97.8 cm³/mol. The molecule has 2 aromatic carbocycles. The second-order valence-electron chi connectivity index (χ2n) is 5.89. The number of hydrogen-bond acceptors (Lipinski definition) is 4. The van der Waals surface area contributed by atoms with E-state index in [9.17, 15) is 22.8 Å². The molecule has 0 saturated carbocycles. The molecule has 4 nitrogen and oxygen atoms in total. The fourth-order valence-electron chi connectivity index (χ4n) is 2.08. The Hall–Kier alpha value is -2.48. The van der Waals surface area contributed by atoms with Crippen molar-refractivity contribution in [2.45, 2.75) is 31.0 Å². The van der Waals surface area contributed by atoms with Crippen molar-refractivity contribution >= 4 is 29.3 Å². The molecule has 0 radical (unpaired) electrons. The normalized spacial score (nSPS) is 11.3. The van der Waals surface area contributed by atoms with Crippen molar-refractivity contribution in [2.75, 3.05) is 11.1 Å². The average molecular weight is 397 g/mol. The summed E-state index contributed by atoms with van der Waals surface area (Å²) in [6, 6.07) is 11.0. The van der Waals surface area contributed by atoms with Crippen molar-refractivity contribution in [1.82, 2.24) is 0 Å². The van der Waals surface area contributed by atoms with Crippen LogP contribution in [0.15, 0.2) is 53.4 Å². The summed E-state index contributed by atoms with van der Waals surface area (Å²) in [6.07, 6.45) is -4.65. The molecule has 0 aliphatic carbocycles. The number of carbonyl (C=O) groups is 2. The van der Waals surface area contributed by atoms with E-state index in [4.69, 9.17) is 4.74 Å². The van der Waals surface area contributed by atoms with Crippen LogP contribution in [0.1, 0.15) is 29.8 Å². The van der Waals surface area contributed by atoms with Crippen LogP contribution in [0.2, 0.25) is 0 Å². The second kappa shape index (κ2) is 8.94. The van der Waals surface area contributed by atoms with E-state index in [0.29, 0.717) is 16.1 Å². The quantitative estimate of drug-likeness (QED) is 0.550.